The highest BCUT2D eigenvalue weighted by Crippen LogP contribution is 2.45. The lowest BCUT2D eigenvalue weighted by molar-refractivity contribution is -0.161. The maximum absolute atomic E-state index is 13.1. The number of ether oxygens (including phenoxy) is 4. The van der Waals surface area contributed by atoms with Crippen LogP contribution in [0, 0.1) is 11.8 Å². The summed E-state index contributed by atoms with van der Waals surface area (Å²) in [5.41, 5.74) is 0. The highest BCUT2D eigenvalue weighted by Gasteiger charge is 2.30. The number of unbranched alkanes of at least 4 members (excludes halogenated alkanes) is 43. The van der Waals surface area contributed by atoms with Crippen LogP contribution in [-0.4, -0.2) is 96.7 Å². The van der Waals surface area contributed by atoms with Crippen molar-refractivity contribution >= 4 is 39.5 Å². The van der Waals surface area contributed by atoms with Crippen molar-refractivity contribution in [3.8, 4) is 0 Å². The van der Waals surface area contributed by atoms with Crippen LogP contribution in [0.4, 0.5) is 0 Å². The van der Waals surface area contributed by atoms with E-state index in [1.165, 1.54) is 199 Å². The van der Waals surface area contributed by atoms with Crippen molar-refractivity contribution in [3.63, 3.8) is 0 Å². The second-order valence-electron chi connectivity index (χ2n) is 27.6. The molecule has 0 rings (SSSR count). The molecule has 0 fully saturated rings. The van der Waals surface area contributed by atoms with Crippen LogP contribution < -0.4 is 0 Å². The van der Waals surface area contributed by atoms with E-state index >= 15 is 0 Å². The Balaban J connectivity index is 5.26. The lowest BCUT2D eigenvalue weighted by Gasteiger charge is -2.21. The van der Waals surface area contributed by atoms with Crippen LogP contribution in [0.2, 0.25) is 0 Å². The molecule has 0 amide bonds. The average Bonchev–Trinajstić information content (AvgIpc) is 1.78. The largest absolute Gasteiger partial charge is 0.472 e. The van der Waals surface area contributed by atoms with Crippen LogP contribution in [0.25, 0.3) is 0 Å². The van der Waals surface area contributed by atoms with Gasteiger partial charge in [-0.05, 0) is 37.5 Å². The van der Waals surface area contributed by atoms with E-state index in [0.29, 0.717) is 25.7 Å². The van der Waals surface area contributed by atoms with Gasteiger partial charge in [0.05, 0.1) is 26.4 Å². The maximum Gasteiger partial charge on any atom is 0.472 e. The zero-order valence-corrected chi connectivity index (χ0v) is 62.3. The number of hydrogen-bond donors (Lipinski definition) is 3. The molecule has 0 aliphatic heterocycles. The Hall–Kier alpha value is -1.94. The maximum atomic E-state index is 13.1. The van der Waals surface area contributed by atoms with Crippen molar-refractivity contribution in [2.24, 2.45) is 11.8 Å². The van der Waals surface area contributed by atoms with Crippen LogP contribution in [-0.2, 0) is 65.4 Å². The molecule has 17 nitrogen and oxygen atoms in total. The zero-order valence-electron chi connectivity index (χ0n) is 60.6. The van der Waals surface area contributed by atoms with Gasteiger partial charge in [-0.25, -0.2) is 9.13 Å². The molecule has 0 spiro atoms. The van der Waals surface area contributed by atoms with Crippen molar-refractivity contribution in [3.05, 3.63) is 0 Å². The third-order valence-electron chi connectivity index (χ3n) is 17.2. The molecule has 0 aliphatic rings. The molecule has 0 bridgehead atoms. The fourth-order valence-electron chi connectivity index (χ4n) is 11.3. The number of hydrogen-bond acceptors (Lipinski definition) is 15. The molecule has 0 aliphatic carbocycles. The van der Waals surface area contributed by atoms with Gasteiger partial charge in [-0.15, -0.1) is 0 Å². The molecule has 3 N–H and O–H groups in total. The summed E-state index contributed by atoms with van der Waals surface area (Å²) in [6.07, 6.45) is 52.5. The highest BCUT2D eigenvalue weighted by atomic mass is 31.2. The number of aliphatic hydroxyl groups excluding tert-OH is 1. The Morgan fingerprint density at radius 2 is 0.495 bits per heavy atom. The number of rotatable bonds is 73. The minimum Gasteiger partial charge on any atom is -0.462 e. The first-order valence-corrected chi connectivity index (χ1v) is 41.5. The topological polar surface area (TPSA) is 237 Å². The predicted octanol–water partition coefficient (Wildman–Crippen LogP) is 21.6. The molecule has 93 heavy (non-hydrogen) atoms. The Bertz CT molecular complexity index is 1800. The fourth-order valence-corrected chi connectivity index (χ4v) is 12.9. The van der Waals surface area contributed by atoms with Crippen LogP contribution in [0.15, 0.2) is 0 Å². The number of phosphoric acid groups is 2. The van der Waals surface area contributed by atoms with Gasteiger partial charge in [-0.3, -0.25) is 37.3 Å². The van der Waals surface area contributed by atoms with Gasteiger partial charge in [-0.1, -0.05) is 330 Å². The molecule has 0 aromatic carbocycles. The van der Waals surface area contributed by atoms with E-state index in [0.717, 1.165) is 102 Å². The summed E-state index contributed by atoms with van der Waals surface area (Å²) in [4.78, 5) is 72.7. The minimum atomic E-state index is -4.95. The molecule has 0 saturated heterocycles. The molecule has 0 heterocycles. The molecular weight excluding hydrogens is 1220 g/mol. The first-order chi connectivity index (χ1) is 44.9. The van der Waals surface area contributed by atoms with Gasteiger partial charge in [0.15, 0.2) is 12.2 Å². The average molecular weight is 1370 g/mol. The first-order valence-electron chi connectivity index (χ1n) is 38.5. The lowest BCUT2D eigenvalue weighted by atomic mass is 10.0. The Labute approximate surface area is 568 Å². The first kappa shape index (κ1) is 91.1. The van der Waals surface area contributed by atoms with Gasteiger partial charge >= 0.3 is 39.5 Å². The van der Waals surface area contributed by atoms with Crippen molar-refractivity contribution in [1.82, 2.24) is 0 Å². The Morgan fingerprint density at radius 3 is 0.731 bits per heavy atom. The Morgan fingerprint density at radius 1 is 0.290 bits per heavy atom. The number of aliphatic hydroxyl groups is 1. The Kier molecular flexibility index (Phi) is 64.6. The second kappa shape index (κ2) is 66.0. The summed E-state index contributed by atoms with van der Waals surface area (Å²) < 4.78 is 68.5. The zero-order chi connectivity index (χ0) is 68.6. The summed E-state index contributed by atoms with van der Waals surface area (Å²) in [7, 11) is -9.91. The van der Waals surface area contributed by atoms with Gasteiger partial charge in [0.1, 0.15) is 19.3 Å². The molecule has 5 atom stereocenters. The van der Waals surface area contributed by atoms with Crippen molar-refractivity contribution < 1.29 is 80.2 Å². The summed E-state index contributed by atoms with van der Waals surface area (Å²) in [6.45, 7) is 9.58. The third kappa shape index (κ3) is 68.4. The fraction of sp³-hybridized carbons (Fsp3) is 0.946. The minimum absolute atomic E-state index is 0.106. The summed E-state index contributed by atoms with van der Waals surface area (Å²) in [6, 6.07) is 0. The normalized spacial score (nSPS) is 14.1. The number of carbonyl (C=O) groups excluding carboxylic acids is 4. The van der Waals surface area contributed by atoms with E-state index < -0.39 is 97.5 Å². The van der Waals surface area contributed by atoms with Crippen molar-refractivity contribution in [2.45, 2.75) is 400 Å². The number of carbonyl (C=O) groups is 4. The van der Waals surface area contributed by atoms with Crippen LogP contribution >= 0.6 is 15.6 Å². The summed E-state index contributed by atoms with van der Waals surface area (Å²) in [5.74, 6) is -0.593. The smallest absolute Gasteiger partial charge is 0.462 e. The van der Waals surface area contributed by atoms with E-state index in [1.54, 1.807) is 0 Å². The number of esters is 4. The quantitative estimate of drug-likeness (QED) is 0.0222. The molecule has 2 unspecified atom stereocenters. The van der Waals surface area contributed by atoms with Crippen molar-refractivity contribution in [2.75, 3.05) is 39.6 Å². The second-order valence-corrected chi connectivity index (χ2v) is 30.5. The van der Waals surface area contributed by atoms with Crippen molar-refractivity contribution in [1.29, 1.82) is 0 Å². The standard InChI is InChI=1S/C74H144O17P2/c1-7-9-11-13-15-17-19-20-21-22-26-34-40-46-52-58-73(78)90-69(63-85-72(77)57-51-45-39-33-27-23-25-30-36-42-48-54-66(3)4)64-88-92(80,81)86-60-68(75)61-87-93(82,83)89-65-70(62-84-71(76)56-50-44-38-32-24-18-16-14-12-10-8-2)91-74(79)59-53-47-41-35-29-28-31-37-43-49-55-67(5)6/h66-70,75H,7-65H2,1-6H3,(H,80,81)(H,82,83)/t68-,69-,70-/m1/s1. The molecule has 0 aromatic rings. The molecule has 0 radical (unpaired) electrons. The third-order valence-corrected chi connectivity index (χ3v) is 19.1. The molecule has 0 aromatic heterocycles. The lowest BCUT2D eigenvalue weighted by Crippen LogP contribution is -2.30. The van der Waals surface area contributed by atoms with E-state index in [4.69, 9.17) is 37.0 Å². The van der Waals surface area contributed by atoms with Gasteiger partial charge in [-0.2, -0.15) is 0 Å². The van der Waals surface area contributed by atoms with Crippen LogP contribution in [0.1, 0.15) is 382 Å². The predicted molar refractivity (Wildman–Crippen MR) is 377 cm³/mol. The van der Waals surface area contributed by atoms with Gasteiger partial charge in [0.2, 0.25) is 0 Å². The van der Waals surface area contributed by atoms with E-state index in [1.807, 2.05) is 0 Å². The van der Waals surface area contributed by atoms with Crippen LogP contribution in [0.5, 0.6) is 0 Å². The molecule has 19 heteroatoms. The van der Waals surface area contributed by atoms with E-state index in [-0.39, 0.29) is 25.7 Å². The monoisotopic (exact) mass is 1370 g/mol. The summed E-state index contributed by atoms with van der Waals surface area (Å²) in [5, 5.41) is 10.6. The van der Waals surface area contributed by atoms with Gasteiger partial charge in [0.25, 0.3) is 0 Å². The van der Waals surface area contributed by atoms with Gasteiger partial charge < -0.3 is 33.8 Å². The number of phosphoric ester groups is 2. The molecule has 0 saturated carbocycles. The van der Waals surface area contributed by atoms with E-state index in [9.17, 15) is 43.2 Å². The SMILES string of the molecule is CCCCCCCCCCCCCCCCCC(=O)O[C@H](COC(=O)CCCCCCCCCCCCCC(C)C)COP(=O)(O)OC[C@@H](O)COP(=O)(O)OC[C@@H](COC(=O)CCCCCCCCCCCCC)OC(=O)CCCCCCCCCCCCC(C)C. The summed E-state index contributed by atoms with van der Waals surface area (Å²) >= 11 is 0. The van der Waals surface area contributed by atoms with Crippen LogP contribution in [0.3, 0.4) is 0 Å². The van der Waals surface area contributed by atoms with Gasteiger partial charge in [0, 0.05) is 25.7 Å². The van der Waals surface area contributed by atoms with E-state index in [2.05, 4.69) is 41.5 Å². The molecular formula is C74H144O17P2. The molecule has 552 valence electrons. The highest BCUT2D eigenvalue weighted by molar-refractivity contribution is 7.47.